The highest BCUT2D eigenvalue weighted by atomic mass is 15.2. The molecular weight excluding hydrogens is 208 g/mol. The second-order valence-corrected chi connectivity index (χ2v) is 5.54. The summed E-state index contributed by atoms with van der Waals surface area (Å²) in [5.41, 5.74) is 2.85. The SMILES string of the molecule is CC(C)CCN1CC(C)NCc2ccccc21. The number of rotatable bonds is 3. The van der Waals surface area contributed by atoms with Crippen molar-refractivity contribution in [1.82, 2.24) is 5.32 Å². The Morgan fingerprint density at radius 3 is 2.88 bits per heavy atom. The lowest BCUT2D eigenvalue weighted by atomic mass is 10.1. The molecule has 2 rings (SSSR count). The third-order valence-corrected chi connectivity index (χ3v) is 3.44. The molecule has 1 atom stereocenters. The topological polar surface area (TPSA) is 15.3 Å². The first kappa shape index (κ1) is 12.4. The van der Waals surface area contributed by atoms with Gasteiger partial charge in [0, 0.05) is 31.4 Å². The van der Waals surface area contributed by atoms with Crippen molar-refractivity contribution in [2.75, 3.05) is 18.0 Å². The molecule has 0 radical (unpaired) electrons. The van der Waals surface area contributed by atoms with Crippen LogP contribution >= 0.6 is 0 Å². The zero-order chi connectivity index (χ0) is 12.3. The van der Waals surface area contributed by atoms with Crippen LogP contribution in [0.1, 0.15) is 32.8 Å². The van der Waals surface area contributed by atoms with E-state index >= 15 is 0 Å². The maximum absolute atomic E-state index is 3.58. The van der Waals surface area contributed by atoms with E-state index in [1.165, 1.54) is 24.2 Å². The lowest BCUT2D eigenvalue weighted by Crippen LogP contribution is -2.36. The van der Waals surface area contributed by atoms with Crippen LogP contribution in [0.4, 0.5) is 5.69 Å². The fraction of sp³-hybridized carbons (Fsp3) is 0.600. The van der Waals surface area contributed by atoms with E-state index in [4.69, 9.17) is 0 Å². The van der Waals surface area contributed by atoms with Gasteiger partial charge in [0.05, 0.1) is 0 Å². The van der Waals surface area contributed by atoms with Gasteiger partial charge in [0.1, 0.15) is 0 Å². The van der Waals surface area contributed by atoms with E-state index in [0.717, 1.165) is 19.0 Å². The molecule has 1 aliphatic heterocycles. The van der Waals surface area contributed by atoms with Gasteiger partial charge in [-0.1, -0.05) is 32.0 Å². The second-order valence-electron chi connectivity index (χ2n) is 5.54. The number of nitrogens with zero attached hydrogens (tertiary/aromatic N) is 1. The Kier molecular flexibility index (Phi) is 4.06. The standard InChI is InChI=1S/C15H24N2/c1-12(2)8-9-17-11-13(3)16-10-14-6-4-5-7-15(14)17/h4-7,12-13,16H,8-11H2,1-3H3. The predicted octanol–water partition coefficient (Wildman–Crippen LogP) is 3.03. The third kappa shape index (κ3) is 3.22. The molecule has 0 aromatic heterocycles. The largest absolute Gasteiger partial charge is 0.370 e. The quantitative estimate of drug-likeness (QED) is 0.861. The fourth-order valence-electron chi connectivity index (χ4n) is 2.37. The van der Waals surface area contributed by atoms with Gasteiger partial charge in [-0.25, -0.2) is 0 Å². The van der Waals surface area contributed by atoms with Gasteiger partial charge in [-0.15, -0.1) is 0 Å². The molecule has 0 spiro atoms. The molecule has 0 bridgehead atoms. The van der Waals surface area contributed by atoms with E-state index in [0.29, 0.717) is 6.04 Å². The van der Waals surface area contributed by atoms with Crippen LogP contribution in [0.15, 0.2) is 24.3 Å². The molecule has 0 fully saturated rings. The van der Waals surface area contributed by atoms with Crippen molar-refractivity contribution in [2.45, 2.75) is 39.8 Å². The smallest absolute Gasteiger partial charge is 0.0412 e. The van der Waals surface area contributed by atoms with Crippen LogP contribution in [0, 0.1) is 5.92 Å². The number of benzene rings is 1. The maximum atomic E-state index is 3.58. The molecule has 0 saturated carbocycles. The Labute approximate surface area is 105 Å². The summed E-state index contributed by atoms with van der Waals surface area (Å²) in [6, 6.07) is 9.35. The number of nitrogens with one attached hydrogen (secondary N) is 1. The van der Waals surface area contributed by atoms with Crippen LogP contribution in [0.2, 0.25) is 0 Å². The van der Waals surface area contributed by atoms with Crippen LogP contribution in [-0.4, -0.2) is 19.1 Å². The summed E-state index contributed by atoms with van der Waals surface area (Å²) in [4.78, 5) is 2.54. The van der Waals surface area contributed by atoms with E-state index in [1.807, 2.05) is 0 Å². The minimum atomic E-state index is 0.564. The summed E-state index contributed by atoms with van der Waals surface area (Å²) in [6.07, 6.45) is 1.26. The van der Waals surface area contributed by atoms with Gasteiger partial charge < -0.3 is 10.2 Å². The van der Waals surface area contributed by atoms with Crippen molar-refractivity contribution < 1.29 is 0 Å². The minimum absolute atomic E-state index is 0.564. The summed E-state index contributed by atoms with van der Waals surface area (Å²) in [5.74, 6) is 0.772. The molecule has 1 aromatic carbocycles. The Morgan fingerprint density at radius 2 is 2.12 bits per heavy atom. The Balaban J connectivity index is 2.17. The van der Waals surface area contributed by atoms with Crippen LogP contribution in [0.25, 0.3) is 0 Å². The molecule has 1 heterocycles. The van der Waals surface area contributed by atoms with Gasteiger partial charge in [-0.3, -0.25) is 0 Å². The van der Waals surface area contributed by atoms with Crippen molar-refractivity contribution in [1.29, 1.82) is 0 Å². The molecule has 1 aliphatic rings. The predicted molar refractivity (Wildman–Crippen MR) is 74.4 cm³/mol. The Hall–Kier alpha value is -1.02. The highest BCUT2D eigenvalue weighted by molar-refractivity contribution is 5.54. The molecule has 94 valence electrons. The molecule has 1 aromatic rings. The van der Waals surface area contributed by atoms with Gasteiger partial charge in [0.15, 0.2) is 0 Å². The zero-order valence-corrected chi connectivity index (χ0v) is 11.2. The number of hydrogen-bond acceptors (Lipinski definition) is 2. The Morgan fingerprint density at radius 1 is 1.35 bits per heavy atom. The number of fused-ring (bicyclic) bond motifs is 1. The molecule has 0 aliphatic carbocycles. The van der Waals surface area contributed by atoms with Gasteiger partial charge in [0.25, 0.3) is 0 Å². The first-order valence-electron chi connectivity index (χ1n) is 6.73. The molecule has 2 heteroatoms. The van der Waals surface area contributed by atoms with Crippen molar-refractivity contribution in [2.24, 2.45) is 5.92 Å². The van der Waals surface area contributed by atoms with Gasteiger partial charge in [-0.2, -0.15) is 0 Å². The lowest BCUT2D eigenvalue weighted by Gasteiger charge is -2.27. The molecule has 1 unspecified atom stereocenters. The maximum Gasteiger partial charge on any atom is 0.0412 e. The summed E-state index contributed by atoms with van der Waals surface area (Å²) in [7, 11) is 0. The number of para-hydroxylation sites is 1. The first-order chi connectivity index (χ1) is 8.16. The van der Waals surface area contributed by atoms with Crippen molar-refractivity contribution in [3.8, 4) is 0 Å². The number of anilines is 1. The van der Waals surface area contributed by atoms with Gasteiger partial charge in [-0.05, 0) is 30.9 Å². The molecule has 0 saturated heterocycles. The Bertz CT molecular complexity index is 360. The van der Waals surface area contributed by atoms with E-state index in [-0.39, 0.29) is 0 Å². The first-order valence-corrected chi connectivity index (χ1v) is 6.73. The second kappa shape index (κ2) is 5.54. The highest BCUT2D eigenvalue weighted by Gasteiger charge is 2.18. The van der Waals surface area contributed by atoms with Crippen molar-refractivity contribution >= 4 is 5.69 Å². The van der Waals surface area contributed by atoms with E-state index in [1.54, 1.807) is 0 Å². The fourth-order valence-corrected chi connectivity index (χ4v) is 2.37. The van der Waals surface area contributed by atoms with Crippen molar-refractivity contribution in [3.63, 3.8) is 0 Å². The average molecular weight is 232 g/mol. The van der Waals surface area contributed by atoms with Crippen LogP contribution in [0.3, 0.4) is 0 Å². The summed E-state index contributed by atoms with van der Waals surface area (Å²) >= 11 is 0. The van der Waals surface area contributed by atoms with E-state index in [2.05, 4.69) is 55.3 Å². The van der Waals surface area contributed by atoms with E-state index < -0.39 is 0 Å². The van der Waals surface area contributed by atoms with Crippen LogP contribution in [-0.2, 0) is 6.54 Å². The van der Waals surface area contributed by atoms with Gasteiger partial charge in [0.2, 0.25) is 0 Å². The van der Waals surface area contributed by atoms with Crippen LogP contribution < -0.4 is 10.2 Å². The molecule has 2 nitrogen and oxygen atoms in total. The summed E-state index contributed by atoms with van der Waals surface area (Å²) < 4.78 is 0. The lowest BCUT2D eigenvalue weighted by molar-refractivity contribution is 0.526. The van der Waals surface area contributed by atoms with E-state index in [9.17, 15) is 0 Å². The third-order valence-electron chi connectivity index (χ3n) is 3.44. The molecular formula is C15H24N2. The monoisotopic (exact) mass is 232 g/mol. The summed E-state index contributed by atoms with van der Waals surface area (Å²) in [5, 5.41) is 3.58. The summed E-state index contributed by atoms with van der Waals surface area (Å²) in [6.45, 7) is 10.1. The molecule has 0 amide bonds. The molecule has 17 heavy (non-hydrogen) atoms. The minimum Gasteiger partial charge on any atom is -0.370 e. The number of hydrogen-bond donors (Lipinski definition) is 1. The van der Waals surface area contributed by atoms with Crippen molar-refractivity contribution in [3.05, 3.63) is 29.8 Å². The average Bonchev–Trinajstić information content (AvgIpc) is 2.47. The molecule has 1 N–H and O–H groups in total. The van der Waals surface area contributed by atoms with Gasteiger partial charge >= 0.3 is 0 Å². The van der Waals surface area contributed by atoms with Crippen LogP contribution in [0.5, 0.6) is 0 Å². The highest BCUT2D eigenvalue weighted by Crippen LogP contribution is 2.23. The normalized spacial score (nSPS) is 20.2. The zero-order valence-electron chi connectivity index (χ0n) is 11.2.